The highest BCUT2D eigenvalue weighted by Crippen LogP contribution is 2.34. The van der Waals surface area contributed by atoms with Gasteiger partial charge in [-0.25, -0.2) is 13.6 Å². The number of halogens is 2. The van der Waals surface area contributed by atoms with Crippen LogP contribution in [0.3, 0.4) is 0 Å². The molecule has 1 fully saturated rings. The second-order valence-corrected chi connectivity index (χ2v) is 9.41. The van der Waals surface area contributed by atoms with Crippen molar-refractivity contribution in [3.8, 4) is 0 Å². The van der Waals surface area contributed by atoms with Crippen molar-refractivity contribution in [1.82, 2.24) is 14.8 Å². The Balaban J connectivity index is 1.33. The van der Waals surface area contributed by atoms with Gasteiger partial charge in [0.1, 0.15) is 6.04 Å². The van der Waals surface area contributed by atoms with Crippen molar-refractivity contribution in [1.29, 1.82) is 0 Å². The van der Waals surface area contributed by atoms with E-state index in [2.05, 4.69) is 10.6 Å². The topological polar surface area (TPSA) is 83.4 Å². The Morgan fingerprint density at radius 2 is 1.75 bits per heavy atom. The SMILES string of the molecule is O=C(Nc1ccc(F)c(F)c1)[C@H](Cc1ccccc1)NC(=O)N1C[C@@H]2C[C@H](C1)c1cccc(=O)n1C2. The number of carbonyl (C=O) groups excluding carboxylic acids is 2. The fraction of sp³-hybridized carbons (Fsp3) is 0.296. The van der Waals surface area contributed by atoms with E-state index in [1.54, 1.807) is 21.6 Å². The van der Waals surface area contributed by atoms with Crippen molar-refractivity contribution in [2.75, 3.05) is 18.4 Å². The zero-order chi connectivity index (χ0) is 25.2. The first-order valence-corrected chi connectivity index (χ1v) is 11.9. The Hall–Kier alpha value is -4.01. The minimum atomic E-state index is -1.07. The number of aromatic nitrogens is 1. The van der Waals surface area contributed by atoms with E-state index in [0.717, 1.165) is 29.8 Å². The van der Waals surface area contributed by atoms with Crippen LogP contribution in [0.5, 0.6) is 0 Å². The van der Waals surface area contributed by atoms with Gasteiger partial charge in [-0.15, -0.1) is 0 Å². The number of pyridine rings is 1. The molecule has 3 aromatic rings. The van der Waals surface area contributed by atoms with Crippen molar-refractivity contribution in [3.63, 3.8) is 0 Å². The van der Waals surface area contributed by atoms with Gasteiger partial charge in [0.05, 0.1) is 0 Å². The minimum Gasteiger partial charge on any atom is -0.326 e. The number of nitrogens with zero attached hydrogens (tertiary/aromatic N) is 2. The Labute approximate surface area is 206 Å². The molecule has 9 heteroatoms. The van der Waals surface area contributed by atoms with Gasteiger partial charge in [0.15, 0.2) is 11.6 Å². The molecule has 7 nitrogen and oxygen atoms in total. The van der Waals surface area contributed by atoms with Crippen LogP contribution in [0.25, 0.3) is 0 Å². The number of urea groups is 1. The molecule has 3 amide bonds. The molecular formula is C27H26F2N4O3. The molecule has 5 rings (SSSR count). The number of fused-ring (bicyclic) bond motifs is 4. The van der Waals surface area contributed by atoms with Gasteiger partial charge in [-0.1, -0.05) is 36.4 Å². The monoisotopic (exact) mass is 492 g/mol. The molecule has 2 bridgehead atoms. The number of hydrogen-bond acceptors (Lipinski definition) is 3. The maximum atomic E-state index is 13.6. The summed E-state index contributed by atoms with van der Waals surface area (Å²) >= 11 is 0. The smallest absolute Gasteiger partial charge is 0.318 e. The van der Waals surface area contributed by atoms with E-state index in [0.29, 0.717) is 19.6 Å². The minimum absolute atomic E-state index is 0.0306. The Morgan fingerprint density at radius 1 is 0.944 bits per heavy atom. The van der Waals surface area contributed by atoms with Crippen LogP contribution in [0.15, 0.2) is 71.5 Å². The molecule has 3 atom stereocenters. The van der Waals surface area contributed by atoms with Gasteiger partial charge in [-0.05, 0) is 36.1 Å². The van der Waals surface area contributed by atoms with E-state index in [1.807, 2.05) is 36.4 Å². The number of nitrogens with one attached hydrogen (secondary N) is 2. The van der Waals surface area contributed by atoms with Crippen molar-refractivity contribution in [3.05, 3.63) is 100.0 Å². The highest BCUT2D eigenvalue weighted by Gasteiger charge is 2.37. The lowest BCUT2D eigenvalue weighted by Crippen LogP contribution is -2.55. The molecule has 2 aromatic carbocycles. The average molecular weight is 493 g/mol. The Kier molecular flexibility index (Phi) is 6.54. The van der Waals surface area contributed by atoms with E-state index in [4.69, 9.17) is 0 Å². The first-order chi connectivity index (χ1) is 17.4. The molecule has 0 aliphatic carbocycles. The molecule has 0 saturated carbocycles. The number of anilines is 1. The first-order valence-electron chi connectivity index (χ1n) is 11.9. The summed E-state index contributed by atoms with van der Waals surface area (Å²) < 4.78 is 28.7. The number of likely N-dealkylation sites (tertiary alicyclic amines) is 1. The molecule has 0 spiro atoms. The van der Waals surface area contributed by atoms with Gasteiger partial charge >= 0.3 is 6.03 Å². The number of benzene rings is 2. The van der Waals surface area contributed by atoms with Crippen LogP contribution >= 0.6 is 0 Å². The molecule has 2 aliphatic rings. The van der Waals surface area contributed by atoms with Crippen LogP contribution in [0.1, 0.15) is 23.6 Å². The first kappa shape index (κ1) is 23.7. The Morgan fingerprint density at radius 3 is 2.53 bits per heavy atom. The van der Waals surface area contributed by atoms with E-state index in [-0.39, 0.29) is 35.5 Å². The van der Waals surface area contributed by atoms with E-state index >= 15 is 0 Å². The zero-order valence-corrected chi connectivity index (χ0v) is 19.5. The lowest BCUT2D eigenvalue weighted by molar-refractivity contribution is -0.118. The second-order valence-electron chi connectivity index (χ2n) is 9.41. The summed E-state index contributed by atoms with van der Waals surface area (Å²) in [6.45, 7) is 1.47. The largest absolute Gasteiger partial charge is 0.326 e. The third-order valence-corrected chi connectivity index (χ3v) is 6.85. The molecule has 2 aliphatic heterocycles. The highest BCUT2D eigenvalue weighted by molar-refractivity contribution is 5.97. The van der Waals surface area contributed by atoms with Gasteiger partial charge in [-0.3, -0.25) is 9.59 Å². The summed E-state index contributed by atoms with van der Waals surface area (Å²) in [5.41, 5.74) is 1.83. The van der Waals surface area contributed by atoms with Gasteiger partial charge in [0, 0.05) is 55.5 Å². The van der Waals surface area contributed by atoms with Crippen molar-refractivity contribution < 1.29 is 18.4 Å². The van der Waals surface area contributed by atoms with Crippen LogP contribution in [-0.2, 0) is 17.8 Å². The average Bonchev–Trinajstić information content (AvgIpc) is 2.87. The summed E-state index contributed by atoms with van der Waals surface area (Å²) in [4.78, 5) is 40.4. The van der Waals surface area contributed by atoms with E-state index in [9.17, 15) is 23.2 Å². The molecule has 1 aromatic heterocycles. The van der Waals surface area contributed by atoms with Crippen molar-refractivity contribution >= 4 is 17.6 Å². The van der Waals surface area contributed by atoms with E-state index in [1.165, 1.54) is 6.07 Å². The quantitative estimate of drug-likeness (QED) is 0.572. The lowest BCUT2D eigenvalue weighted by Gasteiger charge is -2.43. The molecule has 0 radical (unpaired) electrons. The van der Waals surface area contributed by atoms with Crippen LogP contribution in [0.2, 0.25) is 0 Å². The van der Waals surface area contributed by atoms with Crippen molar-refractivity contribution in [2.45, 2.75) is 31.3 Å². The van der Waals surface area contributed by atoms with Crippen molar-refractivity contribution in [2.24, 2.45) is 5.92 Å². The maximum absolute atomic E-state index is 13.6. The molecule has 0 unspecified atom stereocenters. The van der Waals surface area contributed by atoms with Gasteiger partial charge < -0.3 is 20.1 Å². The maximum Gasteiger partial charge on any atom is 0.318 e. The van der Waals surface area contributed by atoms with Crippen LogP contribution in [0, 0.1) is 17.6 Å². The van der Waals surface area contributed by atoms with Crippen LogP contribution < -0.4 is 16.2 Å². The van der Waals surface area contributed by atoms with Crippen LogP contribution in [0.4, 0.5) is 19.3 Å². The summed E-state index contributed by atoms with van der Waals surface area (Å²) in [5.74, 6) is -2.43. The number of amides is 3. The predicted molar refractivity (Wildman–Crippen MR) is 131 cm³/mol. The summed E-state index contributed by atoms with van der Waals surface area (Å²) in [7, 11) is 0. The molecule has 3 heterocycles. The van der Waals surface area contributed by atoms with E-state index < -0.39 is 23.6 Å². The van der Waals surface area contributed by atoms with Crippen LogP contribution in [-0.4, -0.2) is 40.5 Å². The Bertz CT molecular complexity index is 1340. The fourth-order valence-corrected chi connectivity index (χ4v) is 5.16. The fourth-order valence-electron chi connectivity index (χ4n) is 5.16. The molecular weight excluding hydrogens is 466 g/mol. The third-order valence-electron chi connectivity index (χ3n) is 6.85. The molecule has 1 saturated heterocycles. The number of rotatable bonds is 5. The number of hydrogen-bond donors (Lipinski definition) is 2. The lowest BCUT2D eigenvalue weighted by atomic mass is 9.83. The normalized spacial score (nSPS) is 19.2. The molecule has 36 heavy (non-hydrogen) atoms. The molecule has 2 N–H and O–H groups in total. The number of carbonyl (C=O) groups is 2. The molecule has 186 valence electrons. The summed E-state index contributed by atoms with van der Waals surface area (Å²) in [5, 5.41) is 5.43. The number of piperidine rings is 1. The van der Waals surface area contributed by atoms with Gasteiger partial charge in [0.2, 0.25) is 5.91 Å². The zero-order valence-electron chi connectivity index (χ0n) is 19.5. The predicted octanol–water partition coefficient (Wildman–Crippen LogP) is 3.51. The van der Waals surface area contributed by atoms with Gasteiger partial charge in [-0.2, -0.15) is 0 Å². The summed E-state index contributed by atoms with van der Waals surface area (Å²) in [6.07, 6.45) is 1.12. The third kappa shape index (κ3) is 5.00. The standard InChI is InChI=1S/C27H26F2N4O3/c28-21-10-9-20(13-22(21)29)30-26(35)23(12-17-5-2-1-3-6-17)31-27(36)32-14-18-11-19(16-32)24-7-4-8-25(34)33(24)15-18/h1-10,13,18-19,23H,11-12,14-16H2,(H,30,35)(H,31,36)/t18-,19+,23-/m0/s1. The second kappa shape index (κ2) is 9.93. The van der Waals surface area contributed by atoms with Gasteiger partial charge in [0.25, 0.3) is 5.56 Å². The highest BCUT2D eigenvalue weighted by atomic mass is 19.2. The summed E-state index contributed by atoms with van der Waals surface area (Å²) in [6, 6.07) is 16.2.